The molecule has 0 aromatic carbocycles. The standard InChI is InChI=1S/C19H35N3O3/c1-8-21(13-15(23)20-19(5,6)7)16(24)14-9-11-22(12-10-14)17(25)18(2,3)4/h14H,8-13H2,1-7H3,(H,20,23). The third-order valence-electron chi connectivity index (χ3n) is 4.32. The van der Waals surface area contributed by atoms with Gasteiger partial charge in [-0.15, -0.1) is 0 Å². The average molecular weight is 354 g/mol. The number of nitrogens with one attached hydrogen (secondary N) is 1. The van der Waals surface area contributed by atoms with E-state index in [1.54, 1.807) is 4.90 Å². The molecule has 6 nitrogen and oxygen atoms in total. The van der Waals surface area contributed by atoms with Crippen molar-refractivity contribution in [1.82, 2.24) is 15.1 Å². The van der Waals surface area contributed by atoms with E-state index in [2.05, 4.69) is 5.32 Å². The Kier molecular flexibility index (Phi) is 7.03. The summed E-state index contributed by atoms with van der Waals surface area (Å²) in [5.41, 5.74) is -0.699. The fourth-order valence-corrected chi connectivity index (χ4v) is 3.04. The first kappa shape index (κ1) is 21.5. The van der Waals surface area contributed by atoms with E-state index < -0.39 is 5.41 Å². The lowest BCUT2D eigenvalue weighted by atomic mass is 9.90. The average Bonchev–Trinajstić information content (AvgIpc) is 2.48. The molecule has 0 spiro atoms. The van der Waals surface area contributed by atoms with Crippen LogP contribution in [0.3, 0.4) is 0 Å². The minimum absolute atomic E-state index is 0.0226. The van der Waals surface area contributed by atoms with Crippen molar-refractivity contribution in [2.75, 3.05) is 26.2 Å². The third kappa shape index (κ3) is 6.67. The largest absolute Gasteiger partial charge is 0.350 e. The van der Waals surface area contributed by atoms with Crippen LogP contribution in [0.4, 0.5) is 0 Å². The molecule has 0 atom stereocenters. The molecule has 0 unspecified atom stereocenters. The molecule has 0 saturated carbocycles. The predicted octanol–water partition coefficient (Wildman–Crippen LogP) is 2.03. The Balaban J connectivity index is 2.59. The molecular weight excluding hydrogens is 318 g/mol. The van der Waals surface area contributed by atoms with Gasteiger partial charge in [-0.05, 0) is 40.5 Å². The Morgan fingerprint density at radius 3 is 1.96 bits per heavy atom. The van der Waals surface area contributed by atoms with Gasteiger partial charge in [0.25, 0.3) is 0 Å². The molecule has 1 aliphatic rings. The first-order valence-electron chi connectivity index (χ1n) is 9.24. The maximum Gasteiger partial charge on any atom is 0.240 e. The Labute approximate surface area is 152 Å². The van der Waals surface area contributed by atoms with Crippen molar-refractivity contribution in [3.63, 3.8) is 0 Å². The second-order valence-corrected chi connectivity index (χ2v) is 8.97. The van der Waals surface area contributed by atoms with Crippen molar-refractivity contribution in [1.29, 1.82) is 0 Å². The molecule has 1 saturated heterocycles. The number of nitrogens with zero attached hydrogens (tertiary/aromatic N) is 2. The van der Waals surface area contributed by atoms with Crippen LogP contribution in [0.5, 0.6) is 0 Å². The molecule has 1 heterocycles. The number of carbonyl (C=O) groups is 3. The molecule has 0 aliphatic carbocycles. The monoisotopic (exact) mass is 353 g/mol. The van der Waals surface area contributed by atoms with Crippen LogP contribution >= 0.6 is 0 Å². The highest BCUT2D eigenvalue weighted by Crippen LogP contribution is 2.24. The summed E-state index contributed by atoms with van der Waals surface area (Å²) in [6.45, 7) is 15.2. The van der Waals surface area contributed by atoms with Gasteiger partial charge in [-0.25, -0.2) is 0 Å². The summed E-state index contributed by atoms with van der Waals surface area (Å²) < 4.78 is 0. The molecule has 0 radical (unpaired) electrons. The van der Waals surface area contributed by atoms with Crippen LogP contribution in [0.1, 0.15) is 61.3 Å². The van der Waals surface area contributed by atoms with E-state index in [9.17, 15) is 14.4 Å². The fraction of sp³-hybridized carbons (Fsp3) is 0.842. The molecule has 6 heteroatoms. The van der Waals surface area contributed by atoms with Crippen molar-refractivity contribution in [3.8, 4) is 0 Å². The maximum absolute atomic E-state index is 12.7. The Morgan fingerprint density at radius 1 is 1.04 bits per heavy atom. The van der Waals surface area contributed by atoms with E-state index in [1.165, 1.54) is 0 Å². The molecule has 144 valence electrons. The lowest BCUT2D eigenvalue weighted by molar-refractivity contribution is -0.145. The minimum Gasteiger partial charge on any atom is -0.350 e. The number of likely N-dealkylation sites (N-methyl/N-ethyl adjacent to an activating group) is 1. The van der Waals surface area contributed by atoms with E-state index in [0.717, 1.165) is 0 Å². The van der Waals surface area contributed by atoms with Crippen LogP contribution in [-0.4, -0.2) is 59.2 Å². The van der Waals surface area contributed by atoms with Crippen molar-refractivity contribution < 1.29 is 14.4 Å². The third-order valence-corrected chi connectivity index (χ3v) is 4.32. The summed E-state index contributed by atoms with van der Waals surface area (Å²) >= 11 is 0. The van der Waals surface area contributed by atoms with Gasteiger partial charge in [-0.1, -0.05) is 20.8 Å². The summed E-state index contributed by atoms with van der Waals surface area (Å²) in [5, 5.41) is 2.89. The normalized spacial score (nSPS) is 16.5. The zero-order chi connectivity index (χ0) is 19.4. The molecule has 1 rings (SSSR count). The molecule has 3 amide bonds. The molecule has 1 N–H and O–H groups in total. The highest BCUT2D eigenvalue weighted by atomic mass is 16.2. The quantitative estimate of drug-likeness (QED) is 0.841. The summed E-state index contributed by atoms with van der Waals surface area (Å²) in [5.74, 6) is -0.0841. The SMILES string of the molecule is CCN(CC(=O)NC(C)(C)C)C(=O)C1CCN(C(=O)C(C)(C)C)CC1. The van der Waals surface area contributed by atoms with E-state index in [-0.39, 0.29) is 35.7 Å². The summed E-state index contributed by atoms with van der Waals surface area (Å²) in [4.78, 5) is 40.7. The molecule has 0 aromatic rings. The number of hydrogen-bond donors (Lipinski definition) is 1. The van der Waals surface area contributed by atoms with Crippen LogP contribution in [0.15, 0.2) is 0 Å². The van der Waals surface area contributed by atoms with Crippen molar-refractivity contribution in [2.45, 2.75) is 66.8 Å². The van der Waals surface area contributed by atoms with Gasteiger partial charge in [0.2, 0.25) is 17.7 Å². The number of rotatable bonds is 4. The minimum atomic E-state index is -0.392. The van der Waals surface area contributed by atoms with Gasteiger partial charge in [0.1, 0.15) is 0 Å². The predicted molar refractivity (Wildman–Crippen MR) is 98.9 cm³/mol. The van der Waals surface area contributed by atoms with Gasteiger partial charge in [-0.3, -0.25) is 14.4 Å². The topological polar surface area (TPSA) is 69.7 Å². The van der Waals surface area contributed by atoms with Gasteiger partial charge in [-0.2, -0.15) is 0 Å². The fourth-order valence-electron chi connectivity index (χ4n) is 3.04. The number of hydrogen-bond acceptors (Lipinski definition) is 3. The van der Waals surface area contributed by atoms with Crippen LogP contribution in [0.25, 0.3) is 0 Å². The maximum atomic E-state index is 12.7. The van der Waals surface area contributed by atoms with Crippen molar-refractivity contribution in [2.24, 2.45) is 11.3 Å². The Hall–Kier alpha value is -1.59. The number of carbonyl (C=O) groups excluding carboxylic acids is 3. The summed E-state index contributed by atoms with van der Waals surface area (Å²) in [7, 11) is 0. The molecular formula is C19H35N3O3. The molecule has 1 aliphatic heterocycles. The second-order valence-electron chi connectivity index (χ2n) is 8.97. The zero-order valence-corrected chi connectivity index (χ0v) is 16.9. The van der Waals surface area contributed by atoms with Gasteiger partial charge in [0.05, 0.1) is 6.54 Å². The van der Waals surface area contributed by atoms with E-state index >= 15 is 0 Å². The molecule has 1 fully saturated rings. The zero-order valence-electron chi connectivity index (χ0n) is 16.9. The van der Waals surface area contributed by atoms with Crippen LogP contribution in [0.2, 0.25) is 0 Å². The second kappa shape index (κ2) is 8.19. The van der Waals surface area contributed by atoms with Gasteiger partial charge >= 0.3 is 0 Å². The number of likely N-dealkylation sites (tertiary alicyclic amines) is 1. The van der Waals surface area contributed by atoms with Gasteiger partial charge < -0.3 is 15.1 Å². The Bertz CT molecular complexity index is 495. The highest BCUT2D eigenvalue weighted by Gasteiger charge is 2.34. The van der Waals surface area contributed by atoms with Crippen molar-refractivity contribution >= 4 is 17.7 Å². The smallest absolute Gasteiger partial charge is 0.240 e. The summed E-state index contributed by atoms with van der Waals surface area (Å²) in [6, 6.07) is 0. The van der Waals surface area contributed by atoms with E-state index in [1.807, 2.05) is 53.4 Å². The summed E-state index contributed by atoms with van der Waals surface area (Å²) in [6.07, 6.45) is 1.33. The van der Waals surface area contributed by atoms with Crippen LogP contribution in [0, 0.1) is 11.3 Å². The first-order valence-corrected chi connectivity index (χ1v) is 9.24. The highest BCUT2D eigenvalue weighted by molar-refractivity contribution is 5.86. The van der Waals surface area contributed by atoms with Crippen molar-refractivity contribution in [3.05, 3.63) is 0 Å². The van der Waals surface area contributed by atoms with Crippen LogP contribution in [-0.2, 0) is 14.4 Å². The molecule has 25 heavy (non-hydrogen) atoms. The number of amides is 3. The Morgan fingerprint density at radius 2 is 1.56 bits per heavy atom. The van der Waals surface area contributed by atoms with Crippen LogP contribution < -0.4 is 5.32 Å². The van der Waals surface area contributed by atoms with E-state index in [4.69, 9.17) is 0 Å². The lowest BCUT2D eigenvalue weighted by Crippen LogP contribution is -2.50. The lowest BCUT2D eigenvalue weighted by Gasteiger charge is -2.36. The van der Waals surface area contributed by atoms with Gasteiger partial charge in [0.15, 0.2) is 0 Å². The molecule has 0 aromatic heterocycles. The number of piperidine rings is 1. The van der Waals surface area contributed by atoms with Gasteiger partial charge in [0, 0.05) is 36.5 Å². The molecule has 0 bridgehead atoms. The first-order chi connectivity index (χ1) is 11.3. The van der Waals surface area contributed by atoms with E-state index in [0.29, 0.717) is 32.5 Å².